The fourth-order valence-corrected chi connectivity index (χ4v) is 8.04. The Labute approximate surface area is 320 Å². The van der Waals surface area contributed by atoms with Crippen LogP contribution in [0.15, 0.2) is 83.2 Å². The Morgan fingerprint density at radius 2 is 1.05 bits per heavy atom. The summed E-state index contributed by atoms with van der Waals surface area (Å²) in [6.07, 6.45) is 11.5. The highest BCUT2D eigenvalue weighted by molar-refractivity contribution is 6.14. The highest BCUT2D eigenvalue weighted by atomic mass is 16.1. The molecule has 14 heteroatoms. The van der Waals surface area contributed by atoms with Crippen LogP contribution in [0.2, 0.25) is 0 Å². The molecule has 4 aromatic carbocycles. The predicted octanol–water partition coefficient (Wildman–Crippen LogP) is 6.14. The third-order valence-electron chi connectivity index (χ3n) is 10.7. The van der Waals surface area contributed by atoms with E-state index in [0.717, 1.165) is 112 Å². The van der Waals surface area contributed by atoms with Gasteiger partial charge in [0.15, 0.2) is 10.9 Å². The van der Waals surface area contributed by atoms with Crippen molar-refractivity contribution in [3.8, 4) is 0 Å². The normalized spacial score (nSPS) is 12.2. The van der Waals surface area contributed by atoms with Gasteiger partial charge in [0.2, 0.25) is 0 Å². The molecule has 10 rings (SSSR count). The van der Waals surface area contributed by atoms with Gasteiger partial charge in [0, 0.05) is 35.2 Å². The standard InChI is InChI=1S/C22H24N6O.C20H20N6O/c1-27(2)11-5-3-4-10-23-16-6-7-17-21-20(16)22(29)19-14-12-25-26-15(14)8-9-18(19)28(21)13-24-17;1-25(2)9-3-8-21-14-4-5-15-19-18(14)20(27)17-12-10-23-24-13(12)6-7-16(17)26(19)11-22-15/h6-9,12-13,23H,3-5,10-11H2,1-2H3,(H,25,26);4-7,10-11,21H,3,8-9H2,1-2H3,(H,23,24). The molecule has 4 N–H and O–H groups in total. The highest BCUT2D eigenvalue weighted by Gasteiger charge is 2.20. The number of aromatic nitrogens is 8. The van der Waals surface area contributed by atoms with Crippen LogP contribution in [0.25, 0.3) is 76.5 Å². The molecule has 0 bridgehead atoms. The van der Waals surface area contributed by atoms with Crippen molar-refractivity contribution < 1.29 is 0 Å². The summed E-state index contributed by atoms with van der Waals surface area (Å²) in [4.78, 5) is 40.5. The zero-order valence-electron chi connectivity index (χ0n) is 32.0. The summed E-state index contributed by atoms with van der Waals surface area (Å²) in [5.41, 5.74) is 8.64. The zero-order valence-corrected chi connectivity index (χ0v) is 32.0. The van der Waals surface area contributed by atoms with E-state index >= 15 is 0 Å². The fourth-order valence-electron chi connectivity index (χ4n) is 8.04. The van der Waals surface area contributed by atoms with Crippen molar-refractivity contribution in [3.05, 3.63) is 94.0 Å². The molecule has 6 aromatic heterocycles. The summed E-state index contributed by atoms with van der Waals surface area (Å²) in [6.45, 7) is 3.75. The summed E-state index contributed by atoms with van der Waals surface area (Å²) in [7, 11) is 8.32. The topological polar surface area (TPSA) is 157 Å². The first-order valence-corrected chi connectivity index (χ1v) is 19.1. The van der Waals surface area contributed by atoms with E-state index in [1.807, 2.05) is 57.3 Å². The molecule has 0 saturated carbocycles. The molecular weight excluding hydrogens is 705 g/mol. The van der Waals surface area contributed by atoms with E-state index in [9.17, 15) is 9.59 Å². The van der Waals surface area contributed by atoms with Crippen LogP contribution in [0.1, 0.15) is 25.7 Å². The maximum Gasteiger partial charge on any atom is 0.200 e. The van der Waals surface area contributed by atoms with E-state index in [-0.39, 0.29) is 10.9 Å². The van der Waals surface area contributed by atoms with Crippen LogP contribution < -0.4 is 21.5 Å². The number of pyridine rings is 2. The van der Waals surface area contributed by atoms with Crippen LogP contribution in [0.5, 0.6) is 0 Å². The Kier molecular flexibility index (Phi) is 9.06. The number of aromatic amines is 2. The minimum Gasteiger partial charge on any atom is -0.384 e. The van der Waals surface area contributed by atoms with Gasteiger partial charge >= 0.3 is 0 Å². The number of nitrogens with one attached hydrogen (secondary N) is 4. The number of anilines is 2. The number of rotatable bonds is 12. The van der Waals surface area contributed by atoms with Gasteiger partial charge in [0.1, 0.15) is 12.7 Å². The van der Waals surface area contributed by atoms with E-state index in [2.05, 4.69) is 79.0 Å². The molecule has 0 amide bonds. The van der Waals surface area contributed by atoms with E-state index in [0.29, 0.717) is 21.5 Å². The van der Waals surface area contributed by atoms with E-state index < -0.39 is 0 Å². The first-order chi connectivity index (χ1) is 27.3. The van der Waals surface area contributed by atoms with E-state index in [1.54, 1.807) is 25.0 Å². The highest BCUT2D eigenvalue weighted by Crippen LogP contribution is 2.32. The van der Waals surface area contributed by atoms with Crippen molar-refractivity contribution in [3.63, 3.8) is 0 Å². The van der Waals surface area contributed by atoms with Gasteiger partial charge in [-0.3, -0.25) is 28.6 Å². The Bertz CT molecular complexity index is 3120. The van der Waals surface area contributed by atoms with Gasteiger partial charge in [0.05, 0.1) is 78.1 Å². The van der Waals surface area contributed by atoms with Gasteiger partial charge in [-0.05, 0) is 109 Å². The minimum absolute atomic E-state index is 0.0192. The SMILES string of the molecule is CN(C)CCCCCNc1ccc2ncn3c4ccc5[nH]ncc5c4c(=O)c1c23.CN(C)CCCNc1ccc2ncn3c4ccc5[nH]ncc5c4c(=O)c1c23. The summed E-state index contributed by atoms with van der Waals surface area (Å²) in [5.74, 6) is 0. The number of fused-ring (bicyclic) bond motifs is 8. The lowest BCUT2D eigenvalue weighted by molar-refractivity contribution is 0.393. The van der Waals surface area contributed by atoms with Crippen molar-refractivity contribution >= 4 is 87.8 Å². The molecule has 0 unspecified atom stereocenters. The molecule has 0 saturated heterocycles. The van der Waals surface area contributed by atoms with Crippen molar-refractivity contribution in [2.24, 2.45) is 0 Å². The Morgan fingerprint density at radius 1 is 0.571 bits per heavy atom. The average Bonchev–Trinajstić information content (AvgIpc) is 4.02. The van der Waals surface area contributed by atoms with E-state index in [1.165, 1.54) is 6.42 Å². The summed E-state index contributed by atoms with van der Waals surface area (Å²) in [5, 5.41) is 25.6. The number of imidazole rings is 2. The van der Waals surface area contributed by atoms with Gasteiger partial charge in [-0.1, -0.05) is 6.42 Å². The molecule has 0 fully saturated rings. The average molecular weight is 749 g/mol. The van der Waals surface area contributed by atoms with Crippen molar-refractivity contribution in [1.82, 2.24) is 49.0 Å². The molecule has 10 aromatic rings. The quantitative estimate of drug-likeness (QED) is 0.0846. The van der Waals surface area contributed by atoms with Crippen molar-refractivity contribution in [1.29, 1.82) is 0 Å². The molecule has 0 aliphatic carbocycles. The largest absolute Gasteiger partial charge is 0.384 e. The van der Waals surface area contributed by atoms with Crippen LogP contribution in [0.4, 0.5) is 11.4 Å². The van der Waals surface area contributed by atoms with Gasteiger partial charge in [-0.2, -0.15) is 10.2 Å². The smallest absolute Gasteiger partial charge is 0.200 e. The third-order valence-corrected chi connectivity index (χ3v) is 10.7. The Morgan fingerprint density at radius 3 is 1.55 bits per heavy atom. The second-order valence-corrected chi connectivity index (χ2v) is 15.1. The molecule has 0 aliphatic heterocycles. The molecule has 6 heterocycles. The Hall–Kier alpha value is -6.38. The lowest BCUT2D eigenvalue weighted by atomic mass is 10.0. The molecule has 56 heavy (non-hydrogen) atoms. The summed E-state index contributed by atoms with van der Waals surface area (Å²) in [6, 6.07) is 15.7. The monoisotopic (exact) mass is 748 g/mol. The van der Waals surface area contributed by atoms with Crippen LogP contribution >= 0.6 is 0 Å². The molecule has 0 aliphatic rings. The lowest BCUT2D eigenvalue weighted by Gasteiger charge is -2.13. The number of benzene rings is 4. The van der Waals surface area contributed by atoms with Crippen molar-refractivity contribution in [2.45, 2.75) is 25.7 Å². The second-order valence-electron chi connectivity index (χ2n) is 15.1. The van der Waals surface area contributed by atoms with Gasteiger partial charge in [-0.15, -0.1) is 0 Å². The lowest BCUT2D eigenvalue weighted by Crippen LogP contribution is -2.17. The first-order valence-electron chi connectivity index (χ1n) is 19.1. The number of hydrogen-bond donors (Lipinski definition) is 4. The van der Waals surface area contributed by atoms with Gasteiger partial charge in [0.25, 0.3) is 0 Å². The predicted molar refractivity (Wildman–Crippen MR) is 227 cm³/mol. The van der Waals surface area contributed by atoms with Crippen LogP contribution in [-0.2, 0) is 0 Å². The zero-order chi connectivity index (χ0) is 38.5. The maximum atomic E-state index is 13.6. The van der Waals surface area contributed by atoms with E-state index in [4.69, 9.17) is 0 Å². The second kappa shape index (κ2) is 14.4. The van der Waals surface area contributed by atoms with Crippen LogP contribution in [0, 0.1) is 0 Å². The molecular formula is C42H44N12O2. The molecule has 284 valence electrons. The van der Waals surface area contributed by atoms with Crippen molar-refractivity contribution in [2.75, 3.05) is 65.0 Å². The maximum absolute atomic E-state index is 13.6. The summed E-state index contributed by atoms with van der Waals surface area (Å²) >= 11 is 0. The van der Waals surface area contributed by atoms with Crippen LogP contribution in [0.3, 0.4) is 0 Å². The minimum atomic E-state index is 0.0192. The summed E-state index contributed by atoms with van der Waals surface area (Å²) < 4.78 is 4.04. The fraction of sp³-hybridized carbons (Fsp3) is 0.286. The number of unbranched alkanes of at least 4 members (excludes halogenated alkanes) is 2. The molecule has 0 radical (unpaired) electrons. The molecule has 0 atom stereocenters. The van der Waals surface area contributed by atoms with Gasteiger partial charge in [-0.25, -0.2) is 9.97 Å². The third kappa shape index (κ3) is 5.97. The first kappa shape index (κ1) is 35.3. The number of nitrogens with zero attached hydrogens (tertiary/aromatic N) is 8. The Balaban J connectivity index is 0.000000147. The van der Waals surface area contributed by atoms with Crippen LogP contribution in [-0.4, -0.2) is 103 Å². The molecule has 14 nitrogen and oxygen atoms in total. The molecule has 0 spiro atoms. The number of hydrogen-bond acceptors (Lipinski definition) is 10. The van der Waals surface area contributed by atoms with Gasteiger partial charge < -0.3 is 20.4 Å². The number of H-pyrrole nitrogens is 2.